The molecule has 0 radical (unpaired) electrons. The topological polar surface area (TPSA) is 54.4 Å². The summed E-state index contributed by atoms with van der Waals surface area (Å²) in [7, 11) is 1.59. The number of hydrogen-bond donors (Lipinski definition) is 2. The first-order chi connectivity index (χ1) is 9.51. The van der Waals surface area contributed by atoms with Gasteiger partial charge in [0.2, 0.25) is 0 Å². The third kappa shape index (κ3) is 3.14. The first-order valence-electron chi connectivity index (χ1n) is 6.27. The van der Waals surface area contributed by atoms with Crippen LogP contribution in [0.1, 0.15) is 24.1 Å². The van der Waals surface area contributed by atoms with Gasteiger partial charge in [-0.2, -0.15) is 0 Å². The molecule has 0 bridgehead atoms. The van der Waals surface area contributed by atoms with Gasteiger partial charge < -0.3 is 15.2 Å². The van der Waals surface area contributed by atoms with Crippen LogP contribution in [0.2, 0.25) is 5.15 Å². The van der Waals surface area contributed by atoms with Crippen LogP contribution in [0.25, 0.3) is 0 Å². The number of phenolic OH excluding ortho intramolecular Hbond substituents is 1. The molecular weight excluding hydrogens is 276 g/mol. The number of pyridine rings is 1. The smallest absolute Gasteiger partial charge is 0.152 e. The van der Waals surface area contributed by atoms with E-state index in [9.17, 15) is 5.11 Å². The molecule has 0 aliphatic rings. The number of ether oxygens (including phenoxy) is 1. The molecule has 1 unspecified atom stereocenters. The van der Waals surface area contributed by atoms with Gasteiger partial charge in [0.15, 0.2) is 5.15 Å². The van der Waals surface area contributed by atoms with Crippen molar-refractivity contribution in [2.45, 2.75) is 19.9 Å². The van der Waals surface area contributed by atoms with Crippen LogP contribution >= 0.6 is 11.6 Å². The van der Waals surface area contributed by atoms with E-state index in [1.165, 1.54) is 0 Å². The average Bonchev–Trinajstić information content (AvgIpc) is 2.43. The Balaban J connectivity index is 2.27. The second-order valence-electron chi connectivity index (χ2n) is 4.64. The van der Waals surface area contributed by atoms with Crippen LogP contribution < -0.4 is 10.1 Å². The molecule has 2 N–H and O–H groups in total. The minimum Gasteiger partial charge on any atom is -0.508 e. The van der Waals surface area contributed by atoms with Gasteiger partial charge in [-0.3, -0.25) is 0 Å². The predicted octanol–water partition coefficient (Wildman–Crippen LogP) is 3.93. The lowest BCUT2D eigenvalue weighted by Gasteiger charge is -2.18. The number of aromatic hydroxyl groups is 1. The zero-order valence-corrected chi connectivity index (χ0v) is 12.4. The number of methoxy groups -OCH3 is 1. The Labute approximate surface area is 123 Å². The summed E-state index contributed by atoms with van der Waals surface area (Å²) in [6, 6.07) is 6.91. The van der Waals surface area contributed by atoms with E-state index in [1.54, 1.807) is 31.5 Å². The van der Waals surface area contributed by atoms with Crippen molar-refractivity contribution in [3.05, 3.63) is 46.7 Å². The lowest BCUT2D eigenvalue weighted by molar-refractivity contribution is 0.410. The molecule has 1 aromatic heterocycles. The molecule has 0 amide bonds. The molecule has 0 saturated carbocycles. The van der Waals surface area contributed by atoms with E-state index in [0.29, 0.717) is 10.9 Å². The Hall–Kier alpha value is -1.94. The van der Waals surface area contributed by atoms with Gasteiger partial charge in [0, 0.05) is 11.8 Å². The van der Waals surface area contributed by atoms with Gasteiger partial charge in [-0.1, -0.05) is 11.6 Å². The van der Waals surface area contributed by atoms with Gasteiger partial charge in [0.05, 0.1) is 18.8 Å². The number of anilines is 1. The SMILES string of the molecule is COc1ccc(O)c(C(C)Nc2cc(C)cnc2Cl)c1. The maximum Gasteiger partial charge on any atom is 0.152 e. The average molecular weight is 293 g/mol. The molecule has 0 spiro atoms. The lowest BCUT2D eigenvalue weighted by atomic mass is 10.1. The molecule has 0 saturated heterocycles. The minimum absolute atomic E-state index is 0.133. The van der Waals surface area contributed by atoms with Crippen LogP contribution in [0, 0.1) is 6.92 Å². The quantitative estimate of drug-likeness (QED) is 0.838. The van der Waals surface area contributed by atoms with Crippen molar-refractivity contribution < 1.29 is 9.84 Å². The van der Waals surface area contributed by atoms with Gasteiger partial charge in [-0.15, -0.1) is 0 Å². The van der Waals surface area contributed by atoms with Gasteiger partial charge in [0.25, 0.3) is 0 Å². The number of phenols is 1. The molecule has 20 heavy (non-hydrogen) atoms. The molecule has 2 aromatic rings. The first-order valence-corrected chi connectivity index (χ1v) is 6.64. The van der Waals surface area contributed by atoms with E-state index >= 15 is 0 Å². The standard InChI is InChI=1S/C15H17ClN2O2/c1-9-6-13(15(16)17-8-9)18-10(2)12-7-11(20-3)4-5-14(12)19/h4-8,10,18-19H,1-3H3. The van der Waals surface area contributed by atoms with Crippen molar-refractivity contribution in [3.8, 4) is 11.5 Å². The van der Waals surface area contributed by atoms with Gasteiger partial charge in [-0.25, -0.2) is 4.98 Å². The number of aromatic nitrogens is 1. The molecule has 4 nitrogen and oxygen atoms in total. The number of nitrogens with zero attached hydrogens (tertiary/aromatic N) is 1. The highest BCUT2D eigenvalue weighted by molar-refractivity contribution is 6.32. The van der Waals surface area contributed by atoms with Crippen molar-refractivity contribution in [3.63, 3.8) is 0 Å². The Morgan fingerprint density at radius 2 is 2.10 bits per heavy atom. The molecule has 5 heteroatoms. The van der Waals surface area contributed by atoms with E-state index in [1.807, 2.05) is 19.9 Å². The molecule has 106 valence electrons. The molecule has 1 atom stereocenters. The van der Waals surface area contributed by atoms with Crippen LogP contribution in [0.3, 0.4) is 0 Å². The normalized spacial score (nSPS) is 12.0. The first kappa shape index (κ1) is 14.5. The number of halogens is 1. The van der Waals surface area contributed by atoms with Crippen LogP contribution in [0.5, 0.6) is 11.5 Å². The fourth-order valence-corrected chi connectivity index (χ4v) is 2.13. The Morgan fingerprint density at radius 1 is 1.35 bits per heavy atom. The van der Waals surface area contributed by atoms with Crippen molar-refractivity contribution in [1.82, 2.24) is 4.98 Å². The predicted molar refractivity (Wildman–Crippen MR) is 80.7 cm³/mol. The number of nitrogens with one attached hydrogen (secondary N) is 1. The molecule has 0 aliphatic heterocycles. The summed E-state index contributed by atoms with van der Waals surface area (Å²) in [5.74, 6) is 0.905. The zero-order valence-electron chi connectivity index (χ0n) is 11.6. The van der Waals surface area contributed by atoms with Crippen LogP contribution in [-0.2, 0) is 0 Å². The lowest BCUT2D eigenvalue weighted by Crippen LogP contribution is -2.08. The summed E-state index contributed by atoms with van der Waals surface area (Å²) in [4.78, 5) is 4.10. The van der Waals surface area contributed by atoms with Gasteiger partial charge in [0.1, 0.15) is 11.5 Å². The van der Waals surface area contributed by atoms with Crippen molar-refractivity contribution >= 4 is 17.3 Å². The van der Waals surface area contributed by atoms with Gasteiger partial charge >= 0.3 is 0 Å². The van der Waals surface area contributed by atoms with E-state index in [4.69, 9.17) is 16.3 Å². The van der Waals surface area contributed by atoms with Gasteiger partial charge in [-0.05, 0) is 43.7 Å². The number of hydrogen-bond acceptors (Lipinski definition) is 4. The summed E-state index contributed by atoms with van der Waals surface area (Å²) in [5.41, 5.74) is 2.49. The summed E-state index contributed by atoms with van der Waals surface area (Å²) < 4.78 is 5.18. The third-order valence-electron chi connectivity index (χ3n) is 3.05. The summed E-state index contributed by atoms with van der Waals surface area (Å²) in [6.07, 6.45) is 1.71. The zero-order chi connectivity index (χ0) is 14.7. The largest absolute Gasteiger partial charge is 0.508 e. The molecule has 1 heterocycles. The maximum atomic E-state index is 9.96. The molecular formula is C15H17ClN2O2. The summed E-state index contributed by atoms with van der Waals surface area (Å²) in [5, 5.41) is 13.6. The van der Waals surface area contributed by atoms with Crippen molar-refractivity contribution in [2.75, 3.05) is 12.4 Å². The Bertz CT molecular complexity index is 617. The second kappa shape index (κ2) is 6.01. The highest BCUT2D eigenvalue weighted by Crippen LogP contribution is 2.32. The highest BCUT2D eigenvalue weighted by atomic mass is 35.5. The highest BCUT2D eigenvalue weighted by Gasteiger charge is 2.13. The summed E-state index contributed by atoms with van der Waals surface area (Å²) >= 11 is 6.07. The molecule has 2 rings (SSSR count). The van der Waals surface area contributed by atoms with Crippen molar-refractivity contribution in [1.29, 1.82) is 0 Å². The van der Waals surface area contributed by atoms with Crippen LogP contribution in [-0.4, -0.2) is 17.2 Å². The molecule has 0 fully saturated rings. The van der Waals surface area contributed by atoms with Crippen LogP contribution in [0.4, 0.5) is 5.69 Å². The number of benzene rings is 1. The fourth-order valence-electron chi connectivity index (χ4n) is 1.97. The van der Waals surface area contributed by atoms with E-state index < -0.39 is 0 Å². The monoisotopic (exact) mass is 292 g/mol. The van der Waals surface area contributed by atoms with Crippen LogP contribution in [0.15, 0.2) is 30.5 Å². The van der Waals surface area contributed by atoms with E-state index in [0.717, 1.165) is 16.8 Å². The number of aryl methyl sites for hydroxylation is 1. The Kier molecular flexibility index (Phi) is 4.35. The molecule has 1 aromatic carbocycles. The Morgan fingerprint density at radius 3 is 2.80 bits per heavy atom. The molecule has 0 aliphatic carbocycles. The third-order valence-corrected chi connectivity index (χ3v) is 3.35. The van der Waals surface area contributed by atoms with E-state index in [-0.39, 0.29) is 11.8 Å². The van der Waals surface area contributed by atoms with Crippen molar-refractivity contribution in [2.24, 2.45) is 0 Å². The minimum atomic E-state index is -0.133. The van der Waals surface area contributed by atoms with E-state index in [2.05, 4.69) is 10.3 Å². The second-order valence-corrected chi connectivity index (χ2v) is 5.00. The maximum absolute atomic E-state index is 9.96. The number of rotatable bonds is 4. The summed E-state index contributed by atoms with van der Waals surface area (Å²) in [6.45, 7) is 3.88. The fraction of sp³-hybridized carbons (Fsp3) is 0.267.